The molecule has 0 saturated heterocycles. The third-order valence-corrected chi connectivity index (χ3v) is 8.53. The van der Waals surface area contributed by atoms with E-state index in [9.17, 15) is 49.8 Å². The maximum Gasteiger partial charge on any atom is 0.393 e. The molecule has 6 nitrogen and oxygen atoms in total. The Morgan fingerprint density at radius 3 is 1.96 bits per heavy atom. The van der Waals surface area contributed by atoms with Gasteiger partial charge >= 0.3 is 30.1 Å². The van der Waals surface area contributed by atoms with Gasteiger partial charge in [0.2, 0.25) is 0 Å². The van der Waals surface area contributed by atoms with Crippen LogP contribution in [-0.2, 0) is 20.4 Å². The molecule has 2 amide bonds. The molecule has 0 spiro atoms. The number of amides is 2. The number of ether oxygens (including phenoxy) is 1. The van der Waals surface area contributed by atoms with Crippen LogP contribution >= 0.6 is 0 Å². The number of hydrogen-bond acceptors (Lipinski definition) is 4. The van der Waals surface area contributed by atoms with E-state index >= 15 is 0 Å². The van der Waals surface area contributed by atoms with Crippen LogP contribution in [0.15, 0.2) is 36.4 Å². The number of alkyl halides is 8. The van der Waals surface area contributed by atoms with Crippen molar-refractivity contribution in [2.24, 2.45) is 0 Å². The van der Waals surface area contributed by atoms with Crippen LogP contribution in [0.1, 0.15) is 91.7 Å². The number of halogens is 8. The van der Waals surface area contributed by atoms with Gasteiger partial charge in [-0.25, -0.2) is 8.78 Å². The van der Waals surface area contributed by atoms with Crippen LogP contribution in [0.3, 0.4) is 0 Å². The molecule has 14 heteroatoms. The molecule has 2 rings (SSSR count). The fraction of sp³-hybridized carbons (Fsp3) is 0.576. The normalized spacial score (nSPS) is 13.8. The van der Waals surface area contributed by atoms with Crippen LogP contribution in [0, 0.1) is 0 Å². The molecule has 0 aliphatic rings. The minimum atomic E-state index is -6.77. The first-order valence-corrected chi connectivity index (χ1v) is 15.2. The van der Waals surface area contributed by atoms with Crippen molar-refractivity contribution in [3.63, 3.8) is 0 Å². The zero-order valence-corrected chi connectivity index (χ0v) is 27.4. The Balaban J connectivity index is 2.34. The molecule has 0 radical (unpaired) electrons. The van der Waals surface area contributed by atoms with Crippen molar-refractivity contribution in [2.75, 3.05) is 10.6 Å². The lowest BCUT2D eigenvalue weighted by atomic mass is 9.76. The van der Waals surface area contributed by atoms with Gasteiger partial charge in [-0.1, -0.05) is 67.0 Å². The third kappa shape index (κ3) is 8.48. The summed E-state index contributed by atoms with van der Waals surface area (Å²) in [5.74, 6) is -23.8. The summed E-state index contributed by atoms with van der Waals surface area (Å²) in [5, 5.41) is 13.9. The Hall–Kier alpha value is -3.58. The van der Waals surface area contributed by atoms with Gasteiger partial charge in [-0.15, -0.1) is 0 Å². The summed E-state index contributed by atoms with van der Waals surface area (Å²) in [6.07, 6.45) is -2.94. The highest BCUT2D eigenvalue weighted by atomic mass is 19.4. The fourth-order valence-electron chi connectivity index (χ4n) is 4.39. The average molecular weight is 683 g/mol. The summed E-state index contributed by atoms with van der Waals surface area (Å²) in [4.78, 5) is 25.2. The SMILES string of the molecule is CCCCC(Oc1ccc(C(C)(C)CC)cc1C(C)(C)CC)C(=O)Nc1ccc(NC(=O)C(F)(F)C(F)(F)C(F)(F)C(F)F)c(O)c1. The Kier molecular flexibility index (Phi) is 12.4. The quantitative estimate of drug-likeness (QED) is 0.122. The van der Waals surface area contributed by atoms with Gasteiger partial charge in [0.05, 0.1) is 5.69 Å². The van der Waals surface area contributed by atoms with E-state index in [1.807, 2.05) is 26.0 Å². The van der Waals surface area contributed by atoms with Gasteiger partial charge in [0.15, 0.2) is 6.10 Å². The molecule has 0 aromatic heterocycles. The fourth-order valence-corrected chi connectivity index (χ4v) is 4.39. The van der Waals surface area contributed by atoms with Crippen LogP contribution in [0.4, 0.5) is 46.5 Å². The lowest BCUT2D eigenvalue weighted by Gasteiger charge is -2.31. The minimum absolute atomic E-state index is 0.114. The molecule has 0 aliphatic carbocycles. The van der Waals surface area contributed by atoms with E-state index in [0.29, 0.717) is 18.6 Å². The van der Waals surface area contributed by atoms with E-state index in [1.165, 1.54) is 0 Å². The highest BCUT2D eigenvalue weighted by Gasteiger charge is 2.78. The van der Waals surface area contributed by atoms with Crippen molar-refractivity contribution in [3.05, 3.63) is 47.5 Å². The van der Waals surface area contributed by atoms with Crippen molar-refractivity contribution in [1.82, 2.24) is 0 Å². The average Bonchev–Trinajstić information content (AvgIpc) is 2.99. The van der Waals surface area contributed by atoms with Crippen molar-refractivity contribution in [2.45, 2.75) is 122 Å². The van der Waals surface area contributed by atoms with E-state index in [2.05, 4.69) is 46.0 Å². The highest BCUT2D eigenvalue weighted by molar-refractivity contribution is 5.99. The van der Waals surface area contributed by atoms with Crippen LogP contribution < -0.4 is 15.4 Å². The van der Waals surface area contributed by atoms with Gasteiger partial charge in [0.1, 0.15) is 11.5 Å². The molecule has 0 fully saturated rings. The number of anilines is 2. The monoisotopic (exact) mass is 682 g/mol. The molecule has 2 aromatic carbocycles. The molecular weight excluding hydrogens is 640 g/mol. The number of hydrogen-bond donors (Lipinski definition) is 3. The topological polar surface area (TPSA) is 87.7 Å². The first kappa shape index (κ1) is 39.6. The van der Waals surface area contributed by atoms with Crippen LogP contribution in [0.25, 0.3) is 0 Å². The smallest absolute Gasteiger partial charge is 0.393 e. The van der Waals surface area contributed by atoms with Crippen molar-refractivity contribution < 1.29 is 54.6 Å². The van der Waals surface area contributed by atoms with Crippen LogP contribution in [0.2, 0.25) is 0 Å². The molecule has 0 saturated carbocycles. The number of benzene rings is 2. The maximum atomic E-state index is 14.0. The molecule has 0 heterocycles. The third-order valence-electron chi connectivity index (χ3n) is 8.53. The maximum absolute atomic E-state index is 14.0. The zero-order valence-electron chi connectivity index (χ0n) is 27.4. The number of unbranched alkanes of at least 4 members (excludes halogenated alkanes) is 1. The van der Waals surface area contributed by atoms with E-state index in [-0.39, 0.29) is 16.5 Å². The number of aromatic hydroxyl groups is 1. The summed E-state index contributed by atoms with van der Waals surface area (Å²) in [6, 6.07) is 8.35. The minimum Gasteiger partial charge on any atom is -0.506 e. The molecule has 0 bridgehead atoms. The number of carbonyl (C=O) groups excluding carboxylic acids is 2. The predicted octanol–water partition coefficient (Wildman–Crippen LogP) is 9.45. The van der Waals surface area contributed by atoms with Gasteiger partial charge in [0, 0.05) is 17.3 Å². The lowest BCUT2D eigenvalue weighted by molar-refractivity contribution is -0.326. The molecule has 47 heavy (non-hydrogen) atoms. The van der Waals surface area contributed by atoms with Gasteiger partial charge in [0.25, 0.3) is 5.91 Å². The number of carbonyl (C=O) groups is 2. The van der Waals surface area contributed by atoms with Crippen LogP contribution in [-0.4, -0.2) is 47.2 Å². The molecule has 2 aromatic rings. The number of nitrogens with one attached hydrogen (secondary N) is 2. The Morgan fingerprint density at radius 1 is 0.851 bits per heavy atom. The second-order valence-electron chi connectivity index (χ2n) is 12.7. The van der Waals surface area contributed by atoms with Crippen molar-refractivity contribution in [3.8, 4) is 11.5 Å². The second-order valence-corrected chi connectivity index (χ2v) is 12.7. The van der Waals surface area contributed by atoms with E-state index in [1.54, 1.807) is 0 Å². The van der Waals surface area contributed by atoms with E-state index in [4.69, 9.17) is 4.74 Å². The number of phenolic OH excluding ortho intramolecular Hbond substituents is 1. The molecule has 0 aliphatic heterocycles. The highest BCUT2D eigenvalue weighted by Crippen LogP contribution is 2.49. The standard InChI is InChI=1S/C33H42F8N2O4/c1-8-11-12-25(47-24-16-13-19(29(4,5)9-2)17-21(24)30(6,7)10-3)26(45)42-20-14-15-22(23(44)18-20)43-28(46)32(38,39)33(40,41)31(36,37)27(34)35/h13-18,25,27,44H,8-12H2,1-7H3,(H,42,45)(H,43,46). The number of rotatable bonds is 16. The molecule has 264 valence electrons. The Labute approximate surface area is 269 Å². The van der Waals surface area contributed by atoms with Crippen LogP contribution in [0.5, 0.6) is 11.5 Å². The largest absolute Gasteiger partial charge is 0.506 e. The Morgan fingerprint density at radius 2 is 1.45 bits per heavy atom. The zero-order chi connectivity index (χ0) is 36.2. The van der Waals surface area contributed by atoms with Crippen molar-refractivity contribution >= 4 is 23.2 Å². The summed E-state index contributed by atoms with van der Waals surface area (Å²) in [7, 11) is 0. The molecule has 1 atom stereocenters. The first-order chi connectivity index (χ1) is 21.5. The van der Waals surface area contributed by atoms with Crippen molar-refractivity contribution in [1.29, 1.82) is 0 Å². The van der Waals surface area contributed by atoms with E-state index < -0.39 is 53.5 Å². The van der Waals surface area contributed by atoms with Gasteiger partial charge < -0.3 is 20.5 Å². The van der Waals surface area contributed by atoms with Gasteiger partial charge in [-0.3, -0.25) is 9.59 Å². The van der Waals surface area contributed by atoms with E-state index in [0.717, 1.165) is 53.9 Å². The molecule has 3 N–H and O–H groups in total. The van der Waals surface area contributed by atoms with Gasteiger partial charge in [-0.2, -0.15) is 26.3 Å². The van der Waals surface area contributed by atoms with Gasteiger partial charge in [-0.05, 0) is 60.3 Å². The predicted molar refractivity (Wildman–Crippen MR) is 163 cm³/mol. The Bertz CT molecular complexity index is 1410. The first-order valence-electron chi connectivity index (χ1n) is 15.2. The summed E-state index contributed by atoms with van der Waals surface area (Å²) in [6.45, 7) is 14.4. The molecule has 1 unspecified atom stereocenters. The number of phenols is 1. The second kappa shape index (κ2) is 14.7. The summed E-state index contributed by atoms with van der Waals surface area (Å²) >= 11 is 0. The lowest BCUT2D eigenvalue weighted by Crippen LogP contribution is -2.61. The summed E-state index contributed by atoms with van der Waals surface area (Å²) < 4.78 is 113. The summed E-state index contributed by atoms with van der Waals surface area (Å²) in [5.41, 5.74) is 0.515. The molecular formula is C33H42F8N2O4.